The van der Waals surface area contributed by atoms with Crippen LogP contribution in [0.2, 0.25) is 0 Å². The van der Waals surface area contributed by atoms with Crippen molar-refractivity contribution in [1.82, 2.24) is 0 Å². The molecule has 2 atom stereocenters. The van der Waals surface area contributed by atoms with Crippen LogP contribution >= 0.6 is 0 Å². The van der Waals surface area contributed by atoms with Crippen LogP contribution in [0.4, 0.5) is 0 Å². The van der Waals surface area contributed by atoms with Gasteiger partial charge in [0.05, 0.1) is 0 Å². The first kappa shape index (κ1) is 67.4. The molecule has 1 unspecified atom stereocenters. The van der Waals surface area contributed by atoms with Gasteiger partial charge in [-0.15, -0.1) is 0 Å². The van der Waals surface area contributed by atoms with Gasteiger partial charge in [-0.25, -0.2) is 0 Å². The van der Waals surface area contributed by atoms with Crippen molar-refractivity contribution in [2.75, 3.05) is 13.2 Å². The van der Waals surface area contributed by atoms with Crippen molar-refractivity contribution < 1.29 is 28.6 Å². The molecule has 0 aromatic carbocycles. The maximum absolute atomic E-state index is 12.9. The molecular formula is C63H122O6. The zero-order valence-electron chi connectivity index (χ0n) is 47.3. The lowest BCUT2D eigenvalue weighted by atomic mass is 9.99. The largest absolute Gasteiger partial charge is 0.462 e. The van der Waals surface area contributed by atoms with Gasteiger partial charge in [-0.05, 0) is 25.2 Å². The van der Waals surface area contributed by atoms with Gasteiger partial charge < -0.3 is 14.2 Å². The summed E-state index contributed by atoms with van der Waals surface area (Å²) in [7, 11) is 0. The van der Waals surface area contributed by atoms with E-state index in [1.54, 1.807) is 0 Å². The normalized spacial score (nSPS) is 12.3. The van der Waals surface area contributed by atoms with E-state index in [4.69, 9.17) is 14.2 Å². The summed E-state index contributed by atoms with van der Waals surface area (Å²) in [5.74, 6) is 0.0392. The maximum atomic E-state index is 12.9. The van der Waals surface area contributed by atoms with Crippen LogP contribution in [0.25, 0.3) is 0 Å². The highest BCUT2D eigenvalue weighted by Crippen LogP contribution is 2.19. The quantitative estimate of drug-likeness (QED) is 0.0343. The van der Waals surface area contributed by atoms with Gasteiger partial charge in [0.1, 0.15) is 13.2 Å². The fourth-order valence-electron chi connectivity index (χ4n) is 9.78. The minimum absolute atomic E-state index is 0.0616. The smallest absolute Gasteiger partial charge is 0.306 e. The van der Waals surface area contributed by atoms with Crippen LogP contribution in [0.15, 0.2) is 0 Å². The van der Waals surface area contributed by atoms with E-state index >= 15 is 0 Å². The summed E-state index contributed by atoms with van der Waals surface area (Å²) in [4.78, 5) is 38.3. The van der Waals surface area contributed by atoms with Crippen molar-refractivity contribution in [2.24, 2.45) is 5.92 Å². The molecule has 0 saturated heterocycles. The van der Waals surface area contributed by atoms with Crippen molar-refractivity contribution in [3.05, 3.63) is 0 Å². The van der Waals surface area contributed by atoms with Crippen molar-refractivity contribution in [3.8, 4) is 0 Å². The van der Waals surface area contributed by atoms with E-state index in [0.717, 1.165) is 63.7 Å². The first-order chi connectivity index (χ1) is 33.9. The number of hydrogen-bond donors (Lipinski definition) is 0. The number of esters is 3. The van der Waals surface area contributed by atoms with Gasteiger partial charge in [0.25, 0.3) is 0 Å². The highest BCUT2D eigenvalue weighted by atomic mass is 16.6. The summed E-state index contributed by atoms with van der Waals surface area (Å²) in [6.45, 7) is 9.10. The Balaban J connectivity index is 4.28. The van der Waals surface area contributed by atoms with E-state index in [0.29, 0.717) is 19.3 Å². The second-order valence-electron chi connectivity index (χ2n) is 21.9. The molecule has 0 aliphatic carbocycles. The molecule has 0 radical (unpaired) electrons. The third kappa shape index (κ3) is 55.6. The molecule has 0 aromatic rings. The third-order valence-corrected chi connectivity index (χ3v) is 14.9. The molecule has 0 aliphatic rings. The Morgan fingerprint density at radius 3 is 0.754 bits per heavy atom. The van der Waals surface area contributed by atoms with Crippen LogP contribution in [0.3, 0.4) is 0 Å². The van der Waals surface area contributed by atoms with Crippen LogP contribution in [-0.4, -0.2) is 37.2 Å². The van der Waals surface area contributed by atoms with Gasteiger partial charge in [0.15, 0.2) is 6.10 Å². The molecule has 69 heavy (non-hydrogen) atoms. The second-order valence-corrected chi connectivity index (χ2v) is 21.9. The zero-order valence-corrected chi connectivity index (χ0v) is 47.3. The van der Waals surface area contributed by atoms with Crippen LogP contribution in [0.1, 0.15) is 362 Å². The molecule has 0 amide bonds. The summed E-state index contributed by atoms with van der Waals surface area (Å²) in [5, 5.41) is 0. The predicted molar refractivity (Wildman–Crippen MR) is 298 cm³/mol. The average Bonchev–Trinajstić information content (AvgIpc) is 3.35. The molecule has 0 bridgehead atoms. The Labute approximate surface area is 431 Å². The van der Waals surface area contributed by atoms with Crippen molar-refractivity contribution in [2.45, 2.75) is 368 Å². The number of unbranched alkanes of at least 4 members (excludes halogenated alkanes) is 44. The van der Waals surface area contributed by atoms with E-state index in [1.807, 2.05) is 0 Å². The summed E-state index contributed by atoms with van der Waals surface area (Å²) in [6.07, 6.45) is 63.8. The van der Waals surface area contributed by atoms with Crippen LogP contribution in [-0.2, 0) is 28.6 Å². The summed E-state index contributed by atoms with van der Waals surface area (Å²) < 4.78 is 16.9. The van der Waals surface area contributed by atoms with Crippen molar-refractivity contribution >= 4 is 17.9 Å². The summed E-state index contributed by atoms with van der Waals surface area (Å²) in [6, 6.07) is 0. The molecule has 0 saturated carbocycles. The van der Waals surface area contributed by atoms with Gasteiger partial charge in [0.2, 0.25) is 0 Å². The number of carbonyl (C=O) groups is 3. The third-order valence-electron chi connectivity index (χ3n) is 14.9. The zero-order chi connectivity index (χ0) is 50.2. The lowest BCUT2D eigenvalue weighted by molar-refractivity contribution is -0.167. The monoisotopic (exact) mass is 975 g/mol. The molecule has 0 rings (SSSR count). The number of carbonyl (C=O) groups excluding carboxylic acids is 3. The van der Waals surface area contributed by atoms with E-state index in [-0.39, 0.29) is 31.1 Å². The Bertz CT molecular complexity index is 1040. The van der Waals surface area contributed by atoms with Gasteiger partial charge >= 0.3 is 17.9 Å². The van der Waals surface area contributed by atoms with Gasteiger partial charge in [-0.1, -0.05) is 323 Å². The predicted octanol–water partition coefficient (Wildman–Crippen LogP) is 21.0. The van der Waals surface area contributed by atoms with Gasteiger partial charge in [0, 0.05) is 19.3 Å². The van der Waals surface area contributed by atoms with Crippen molar-refractivity contribution in [3.63, 3.8) is 0 Å². The molecule has 6 heteroatoms. The average molecular weight is 976 g/mol. The minimum atomic E-state index is -0.763. The highest BCUT2D eigenvalue weighted by molar-refractivity contribution is 5.71. The molecule has 0 heterocycles. The molecule has 0 spiro atoms. The maximum Gasteiger partial charge on any atom is 0.306 e. The molecule has 6 nitrogen and oxygen atoms in total. The molecule has 0 fully saturated rings. The van der Waals surface area contributed by atoms with Crippen LogP contribution in [0.5, 0.6) is 0 Å². The van der Waals surface area contributed by atoms with E-state index in [1.165, 1.54) is 257 Å². The van der Waals surface area contributed by atoms with Crippen LogP contribution in [0, 0.1) is 5.92 Å². The standard InChI is InChI=1S/C63H122O6/c1-5-8-10-12-14-16-18-20-22-24-26-28-30-32-34-40-44-48-52-56-63(66)69-60(58-68-62(65)55-51-47-43-39-36-35-37-41-45-49-53-59(4)7-3)57-67-61(64)54-50-46-42-38-33-31-29-27-25-23-21-19-17-15-13-11-9-6-2/h59-60H,5-58H2,1-4H3/t59?,60-/m1/s1. The Morgan fingerprint density at radius 1 is 0.290 bits per heavy atom. The van der Waals surface area contributed by atoms with E-state index < -0.39 is 6.10 Å². The summed E-state index contributed by atoms with van der Waals surface area (Å²) >= 11 is 0. The molecule has 0 aromatic heterocycles. The van der Waals surface area contributed by atoms with Crippen LogP contribution < -0.4 is 0 Å². The SMILES string of the molecule is CCCCCCCCCCCCCCCCCCCCCC(=O)O[C@H](COC(=O)CCCCCCCCCCCCCCCCCCCC)COC(=O)CCCCCCCCCCCCC(C)CC. The second kappa shape index (κ2) is 57.3. The number of hydrogen-bond acceptors (Lipinski definition) is 6. The molecular weight excluding hydrogens is 853 g/mol. The molecule has 0 aliphatic heterocycles. The van der Waals surface area contributed by atoms with Gasteiger partial charge in [-0.2, -0.15) is 0 Å². The molecule has 0 N–H and O–H groups in total. The lowest BCUT2D eigenvalue weighted by Crippen LogP contribution is -2.30. The summed E-state index contributed by atoms with van der Waals surface area (Å²) in [5.41, 5.74) is 0. The Morgan fingerprint density at radius 2 is 0.507 bits per heavy atom. The fraction of sp³-hybridized carbons (Fsp3) is 0.952. The Kier molecular flexibility index (Phi) is 56.0. The van der Waals surface area contributed by atoms with Gasteiger partial charge in [-0.3, -0.25) is 14.4 Å². The number of rotatable bonds is 58. The first-order valence-electron chi connectivity index (χ1n) is 31.4. The Hall–Kier alpha value is -1.59. The van der Waals surface area contributed by atoms with Crippen molar-refractivity contribution in [1.29, 1.82) is 0 Å². The fourth-order valence-corrected chi connectivity index (χ4v) is 9.78. The highest BCUT2D eigenvalue weighted by Gasteiger charge is 2.19. The minimum Gasteiger partial charge on any atom is -0.462 e. The topological polar surface area (TPSA) is 78.9 Å². The van der Waals surface area contributed by atoms with E-state index in [9.17, 15) is 14.4 Å². The molecule has 410 valence electrons. The number of ether oxygens (including phenoxy) is 3. The lowest BCUT2D eigenvalue weighted by Gasteiger charge is -2.18. The first-order valence-corrected chi connectivity index (χ1v) is 31.4. The van der Waals surface area contributed by atoms with E-state index in [2.05, 4.69) is 27.7 Å².